The lowest BCUT2D eigenvalue weighted by Crippen LogP contribution is -2.43. The molecule has 6 heteroatoms. The van der Waals surface area contributed by atoms with E-state index in [9.17, 15) is 9.59 Å². The summed E-state index contributed by atoms with van der Waals surface area (Å²) in [6.07, 6.45) is 0.671. The average Bonchev–Trinajstić information content (AvgIpc) is 2.46. The monoisotopic (exact) mass is 294 g/mol. The number of carbonyl (C=O) groups excluding carboxylic acids is 1. The van der Waals surface area contributed by atoms with Crippen LogP contribution in [0.15, 0.2) is 30.3 Å². The molecule has 2 amide bonds. The van der Waals surface area contributed by atoms with E-state index in [2.05, 4.69) is 10.6 Å². The Bertz CT molecular complexity index is 460. The van der Waals surface area contributed by atoms with Gasteiger partial charge in [0.1, 0.15) is 5.75 Å². The molecular weight excluding hydrogens is 272 g/mol. The highest BCUT2D eigenvalue weighted by Crippen LogP contribution is 2.12. The maximum atomic E-state index is 11.5. The summed E-state index contributed by atoms with van der Waals surface area (Å²) in [5, 5.41) is 14.1. The number of hydrogen-bond acceptors (Lipinski definition) is 3. The Morgan fingerprint density at radius 3 is 2.48 bits per heavy atom. The molecule has 0 aliphatic carbocycles. The minimum Gasteiger partial charge on any atom is -0.494 e. The Morgan fingerprint density at radius 1 is 1.19 bits per heavy atom. The highest BCUT2D eigenvalue weighted by molar-refractivity contribution is 5.77. The van der Waals surface area contributed by atoms with Crippen LogP contribution in [-0.2, 0) is 4.79 Å². The molecule has 0 saturated heterocycles. The number of nitrogens with one attached hydrogen (secondary N) is 2. The number of carboxylic acids is 1. The third kappa shape index (κ3) is 6.65. The maximum Gasteiger partial charge on any atom is 0.314 e. The van der Waals surface area contributed by atoms with Gasteiger partial charge in [-0.25, -0.2) is 4.79 Å². The van der Waals surface area contributed by atoms with E-state index in [1.165, 1.54) is 0 Å². The van der Waals surface area contributed by atoms with Gasteiger partial charge in [0.15, 0.2) is 0 Å². The number of hydrogen-bond donors (Lipinski definition) is 3. The Hall–Kier alpha value is -2.24. The lowest BCUT2D eigenvalue weighted by molar-refractivity contribution is -0.146. The molecule has 0 saturated carbocycles. The highest BCUT2D eigenvalue weighted by atomic mass is 16.5. The molecular formula is C15H22N2O4. The molecule has 0 aromatic heterocycles. The Balaban J connectivity index is 2.10. The molecule has 0 spiro atoms. The van der Waals surface area contributed by atoms with Gasteiger partial charge in [-0.3, -0.25) is 4.79 Å². The van der Waals surface area contributed by atoms with Crippen LogP contribution in [0.4, 0.5) is 4.79 Å². The number of aliphatic carboxylic acids is 1. The summed E-state index contributed by atoms with van der Waals surface area (Å²) in [5.41, 5.74) is -0.978. The van der Waals surface area contributed by atoms with E-state index in [0.29, 0.717) is 19.6 Å². The smallest absolute Gasteiger partial charge is 0.314 e. The molecule has 0 radical (unpaired) electrons. The van der Waals surface area contributed by atoms with E-state index in [0.717, 1.165) is 5.75 Å². The maximum absolute atomic E-state index is 11.5. The standard InChI is InChI=1S/C15H22N2O4/c1-15(2,13(18)19)11-17-14(20)16-9-6-10-21-12-7-4-3-5-8-12/h3-5,7-8H,6,9-11H2,1-2H3,(H,18,19)(H2,16,17,20). The van der Waals surface area contributed by atoms with Crippen LogP contribution < -0.4 is 15.4 Å². The lowest BCUT2D eigenvalue weighted by atomic mass is 9.94. The van der Waals surface area contributed by atoms with E-state index in [1.807, 2.05) is 30.3 Å². The number of amides is 2. The molecule has 0 unspecified atom stereocenters. The van der Waals surface area contributed by atoms with Crippen LogP contribution in [0.5, 0.6) is 5.75 Å². The zero-order valence-corrected chi connectivity index (χ0v) is 12.4. The van der Waals surface area contributed by atoms with Gasteiger partial charge in [0, 0.05) is 13.1 Å². The second-order valence-corrected chi connectivity index (χ2v) is 5.31. The number of carbonyl (C=O) groups is 2. The summed E-state index contributed by atoms with van der Waals surface area (Å²) in [6, 6.07) is 9.07. The van der Waals surface area contributed by atoms with Gasteiger partial charge in [0.2, 0.25) is 0 Å². The first-order chi connectivity index (χ1) is 9.92. The minimum absolute atomic E-state index is 0.0781. The Labute approximate surface area is 124 Å². The number of benzene rings is 1. The zero-order valence-electron chi connectivity index (χ0n) is 12.4. The predicted octanol–water partition coefficient (Wildman–Crippen LogP) is 1.87. The SMILES string of the molecule is CC(C)(CNC(=O)NCCCOc1ccccc1)C(=O)O. The van der Waals surface area contributed by atoms with Gasteiger partial charge in [-0.1, -0.05) is 18.2 Å². The van der Waals surface area contributed by atoms with Crippen LogP contribution in [0.25, 0.3) is 0 Å². The van der Waals surface area contributed by atoms with Gasteiger partial charge >= 0.3 is 12.0 Å². The van der Waals surface area contributed by atoms with Crippen LogP contribution in [0, 0.1) is 5.41 Å². The summed E-state index contributed by atoms with van der Waals surface area (Å²) in [5.74, 6) is -0.149. The van der Waals surface area contributed by atoms with Crippen molar-refractivity contribution in [3.63, 3.8) is 0 Å². The number of ether oxygens (including phenoxy) is 1. The van der Waals surface area contributed by atoms with Crippen molar-refractivity contribution in [3.05, 3.63) is 30.3 Å². The van der Waals surface area contributed by atoms with Gasteiger partial charge in [-0.05, 0) is 32.4 Å². The van der Waals surface area contributed by atoms with Gasteiger partial charge in [-0.2, -0.15) is 0 Å². The summed E-state index contributed by atoms with van der Waals surface area (Å²) in [4.78, 5) is 22.4. The number of rotatable bonds is 8. The van der Waals surface area contributed by atoms with E-state index >= 15 is 0 Å². The molecule has 3 N–H and O–H groups in total. The first kappa shape index (κ1) is 16.8. The summed E-state index contributed by atoms with van der Waals surface area (Å²) in [6.45, 7) is 4.17. The summed E-state index contributed by atoms with van der Waals surface area (Å²) >= 11 is 0. The molecule has 0 atom stereocenters. The van der Waals surface area contributed by atoms with Crippen LogP contribution in [0.3, 0.4) is 0 Å². The normalized spacial score (nSPS) is 10.8. The Morgan fingerprint density at radius 2 is 1.86 bits per heavy atom. The quantitative estimate of drug-likeness (QED) is 0.639. The van der Waals surface area contributed by atoms with Crippen LogP contribution in [0.2, 0.25) is 0 Å². The highest BCUT2D eigenvalue weighted by Gasteiger charge is 2.27. The van der Waals surface area contributed by atoms with Crippen molar-refractivity contribution in [2.45, 2.75) is 20.3 Å². The second kappa shape index (κ2) is 8.14. The molecule has 21 heavy (non-hydrogen) atoms. The van der Waals surface area contributed by atoms with Crippen molar-refractivity contribution < 1.29 is 19.4 Å². The molecule has 0 bridgehead atoms. The van der Waals surface area contributed by atoms with Crippen molar-refractivity contribution in [1.29, 1.82) is 0 Å². The number of urea groups is 1. The van der Waals surface area contributed by atoms with Crippen LogP contribution in [0.1, 0.15) is 20.3 Å². The van der Waals surface area contributed by atoms with Crippen molar-refractivity contribution >= 4 is 12.0 Å². The molecule has 0 fully saturated rings. The Kier molecular flexibility index (Phi) is 6.52. The third-order valence-corrected chi connectivity index (χ3v) is 2.89. The van der Waals surface area contributed by atoms with Gasteiger partial charge in [0.25, 0.3) is 0 Å². The summed E-state index contributed by atoms with van der Waals surface area (Å²) < 4.78 is 5.48. The van der Waals surface area contributed by atoms with Crippen LogP contribution in [-0.4, -0.2) is 36.8 Å². The van der Waals surface area contributed by atoms with Crippen molar-refractivity contribution in [2.75, 3.05) is 19.7 Å². The molecule has 0 heterocycles. The van der Waals surface area contributed by atoms with E-state index in [-0.39, 0.29) is 12.6 Å². The van der Waals surface area contributed by atoms with Gasteiger partial charge in [-0.15, -0.1) is 0 Å². The predicted molar refractivity (Wildman–Crippen MR) is 79.4 cm³/mol. The number of para-hydroxylation sites is 1. The van der Waals surface area contributed by atoms with Gasteiger partial charge in [0.05, 0.1) is 12.0 Å². The van der Waals surface area contributed by atoms with Crippen molar-refractivity contribution in [1.82, 2.24) is 10.6 Å². The van der Waals surface area contributed by atoms with Gasteiger partial charge < -0.3 is 20.5 Å². The minimum atomic E-state index is -0.978. The fourth-order valence-electron chi connectivity index (χ4n) is 1.42. The zero-order chi connectivity index (χ0) is 15.7. The lowest BCUT2D eigenvalue weighted by Gasteiger charge is -2.19. The van der Waals surface area contributed by atoms with Crippen LogP contribution >= 0.6 is 0 Å². The average molecular weight is 294 g/mol. The van der Waals surface area contributed by atoms with E-state index in [4.69, 9.17) is 9.84 Å². The third-order valence-electron chi connectivity index (χ3n) is 2.89. The fourth-order valence-corrected chi connectivity index (χ4v) is 1.42. The largest absolute Gasteiger partial charge is 0.494 e. The topological polar surface area (TPSA) is 87.7 Å². The summed E-state index contributed by atoms with van der Waals surface area (Å²) in [7, 11) is 0. The van der Waals surface area contributed by atoms with E-state index in [1.54, 1.807) is 13.8 Å². The molecule has 6 nitrogen and oxygen atoms in total. The molecule has 0 aliphatic heterocycles. The van der Waals surface area contributed by atoms with Crippen molar-refractivity contribution in [3.8, 4) is 5.75 Å². The molecule has 1 aromatic rings. The fraction of sp³-hybridized carbons (Fsp3) is 0.467. The molecule has 1 rings (SSSR count). The van der Waals surface area contributed by atoms with E-state index < -0.39 is 11.4 Å². The first-order valence-electron chi connectivity index (χ1n) is 6.85. The van der Waals surface area contributed by atoms with Crippen molar-refractivity contribution in [2.24, 2.45) is 5.41 Å². The number of carboxylic acid groups (broad SMARTS) is 1. The second-order valence-electron chi connectivity index (χ2n) is 5.31. The molecule has 0 aliphatic rings. The molecule has 1 aromatic carbocycles. The first-order valence-corrected chi connectivity index (χ1v) is 6.85. The molecule has 116 valence electrons.